The fraction of sp³-hybridized carbons (Fsp3) is 0.636. The summed E-state index contributed by atoms with van der Waals surface area (Å²) in [6, 6.07) is 7.33. The van der Waals surface area contributed by atoms with E-state index >= 15 is 0 Å². The SMILES string of the molecule is COCC(=O)N1CCC(Oc2ccc(C(=O)NCC3CCCN(C)C3)cc2)CC1. The monoisotopic (exact) mass is 403 g/mol. The average Bonchev–Trinajstić information content (AvgIpc) is 2.73. The van der Waals surface area contributed by atoms with Gasteiger partial charge in [-0.25, -0.2) is 0 Å². The Hall–Kier alpha value is -2.12. The minimum Gasteiger partial charge on any atom is -0.490 e. The molecule has 7 nitrogen and oxygen atoms in total. The number of rotatable bonds is 7. The van der Waals surface area contributed by atoms with E-state index in [9.17, 15) is 9.59 Å². The van der Waals surface area contributed by atoms with Gasteiger partial charge in [0.05, 0.1) is 0 Å². The van der Waals surface area contributed by atoms with E-state index in [4.69, 9.17) is 9.47 Å². The Balaban J connectivity index is 1.42. The van der Waals surface area contributed by atoms with Gasteiger partial charge in [-0.1, -0.05) is 0 Å². The van der Waals surface area contributed by atoms with Crippen LogP contribution in [0.3, 0.4) is 0 Å². The van der Waals surface area contributed by atoms with Crippen LogP contribution in [0.5, 0.6) is 5.75 Å². The van der Waals surface area contributed by atoms with Crippen LogP contribution < -0.4 is 10.1 Å². The molecule has 2 heterocycles. The molecule has 0 aliphatic carbocycles. The highest BCUT2D eigenvalue weighted by Gasteiger charge is 2.24. The van der Waals surface area contributed by atoms with Gasteiger partial charge in [0.25, 0.3) is 5.91 Å². The number of piperidine rings is 2. The number of hydrogen-bond acceptors (Lipinski definition) is 5. The number of likely N-dealkylation sites (tertiary alicyclic amines) is 2. The number of ether oxygens (including phenoxy) is 2. The van der Waals surface area contributed by atoms with Gasteiger partial charge in [-0.15, -0.1) is 0 Å². The molecule has 2 amide bonds. The molecule has 1 N–H and O–H groups in total. The molecule has 0 aromatic heterocycles. The summed E-state index contributed by atoms with van der Waals surface area (Å²) >= 11 is 0. The smallest absolute Gasteiger partial charge is 0.251 e. The van der Waals surface area contributed by atoms with Crippen LogP contribution in [0.15, 0.2) is 24.3 Å². The minimum absolute atomic E-state index is 0.0289. The Morgan fingerprint density at radius 1 is 1.10 bits per heavy atom. The lowest BCUT2D eigenvalue weighted by Gasteiger charge is -2.32. The Morgan fingerprint density at radius 2 is 1.83 bits per heavy atom. The quantitative estimate of drug-likeness (QED) is 0.751. The van der Waals surface area contributed by atoms with Gasteiger partial charge >= 0.3 is 0 Å². The second kappa shape index (κ2) is 10.6. The number of carbonyl (C=O) groups is 2. The van der Waals surface area contributed by atoms with Crippen molar-refractivity contribution in [1.29, 1.82) is 0 Å². The standard InChI is InChI=1S/C22H33N3O4/c1-24-11-3-4-17(15-24)14-23-22(27)18-5-7-19(8-6-18)29-20-9-12-25(13-10-20)21(26)16-28-2/h5-8,17,20H,3-4,9-16H2,1-2H3,(H,23,27). The number of nitrogens with one attached hydrogen (secondary N) is 1. The van der Waals surface area contributed by atoms with Crippen molar-refractivity contribution >= 4 is 11.8 Å². The minimum atomic E-state index is -0.0326. The summed E-state index contributed by atoms with van der Waals surface area (Å²) in [7, 11) is 3.67. The zero-order chi connectivity index (χ0) is 20.6. The first-order valence-electron chi connectivity index (χ1n) is 10.6. The normalized spacial score (nSPS) is 21.0. The van der Waals surface area contributed by atoms with E-state index in [0.29, 0.717) is 24.6 Å². The maximum Gasteiger partial charge on any atom is 0.251 e. The summed E-state index contributed by atoms with van der Waals surface area (Å²) < 4.78 is 10.9. The van der Waals surface area contributed by atoms with Crippen molar-refractivity contribution in [1.82, 2.24) is 15.1 Å². The van der Waals surface area contributed by atoms with Crippen LogP contribution in [0.4, 0.5) is 0 Å². The van der Waals surface area contributed by atoms with Gasteiger partial charge in [-0.3, -0.25) is 9.59 Å². The molecule has 7 heteroatoms. The first-order valence-corrected chi connectivity index (χ1v) is 10.6. The lowest BCUT2D eigenvalue weighted by molar-refractivity contribution is -0.136. The fourth-order valence-electron chi connectivity index (χ4n) is 4.09. The highest BCUT2D eigenvalue weighted by Crippen LogP contribution is 2.20. The molecule has 0 radical (unpaired) electrons. The van der Waals surface area contributed by atoms with Crippen molar-refractivity contribution < 1.29 is 19.1 Å². The van der Waals surface area contributed by atoms with Gasteiger partial charge in [-0.2, -0.15) is 0 Å². The molecule has 0 spiro atoms. The largest absolute Gasteiger partial charge is 0.490 e. The number of benzene rings is 1. The van der Waals surface area contributed by atoms with E-state index in [0.717, 1.165) is 38.2 Å². The second-order valence-electron chi connectivity index (χ2n) is 8.14. The zero-order valence-electron chi connectivity index (χ0n) is 17.6. The van der Waals surface area contributed by atoms with Crippen molar-refractivity contribution in [2.45, 2.75) is 31.8 Å². The molecule has 2 fully saturated rings. The lowest BCUT2D eigenvalue weighted by atomic mass is 9.98. The number of hydrogen-bond donors (Lipinski definition) is 1. The number of methoxy groups -OCH3 is 1. The number of carbonyl (C=O) groups excluding carboxylic acids is 2. The Labute approximate surface area is 173 Å². The maximum atomic E-state index is 12.4. The van der Waals surface area contributed by atoms with E-state index in [1.807, 2.05) is 29.2 Å². The van der Waals surface area contributed by atoms with Crippen LogP contribution in [-0.4, -0.2) is 81.2 Å². The molecule has 160 valence electrons. The molecule has 0 saturated carbocycles. The summed E-state index contributed by atoms with van der Waals surface area (Å²) in [5, 5.41) is 3.06. The van der Waals surface area contributed by atoms with Gasteiger partial charge in [0, 0.05) is 51.7 Å². The Kier molecular flexibility index (Phi) is 7.89. The van der Waals surface area contributed by atoms with Crippen LogP contribution in [0.1, 0.15) is 36.0 Å². The molecule has 0 bridgehead atoms. The molecule has 29 heavy (non-hydrogen) atoms. The van der Waals surface area contributed by atoms with E-state index < -0.39 is 0 Å². The van der Waals surface area contributed by atoms with Crippen molar-refractivity contribution in [2.75, 3.05) is 53.5 Å². The highest BCUT2D eigenvalue weighted by atomic mass is 16.5. The molecule has 2 aliphatic rings. The van der Waals surface area contributed by atoms with Crippen LogP contribution in [0.2, 0.25) is 0 Å². The van der Waals surface area contributed by atoms with Gasteiger partial charge in [-0.05, 0) is 56.6 Å². The first kappa shape index (κ1) is 21.6. The van der Waals surface area contributed by atoms with Crippen LogP contribution >= 0.6 is 0 Å². The van der Waals surface area contributed by atoms with Crippen LogP contribution in [-0.2, 0) is 9.53 Å². The summed E-state index contributed by atoms with van der Waals surface area (Å²) in [5.74, 6) is 1.29. The third-order valence-corrected chi connectivity index (χ3v) is 5.76. The van der Waals surface area contributed by atoms with Gasteiger partial charge in [0.15, 0.2) is 0 Å². The van der Waals surface area contributed by atoms with Gasteiger partial charge < -0.3 is 24.6 Å². The van der Waals surface area contributed by atoms with Crippen molar-refractivity contribution in [3.05, 3.63) is 29.8 Å². The van der Waals surface area contributed by atoms with E-state index in [1.54, 1.807) is 0 Å². The third kappa shape index (κ3) is 6.44. The Morgan fingerprint density at radius 3 is 2.48 bits per heavy atom. The highest BCUT2D eigenvalue weighted by molar-refractivity contribution is 5.94. The van der Waals surface area contributed by atoms with E-state index in [1.165, 1.54) is 20.0 Å². The molecule has 2 saturated heterocycles. The summed E-state index contributed by atoms with van der Waals surface area (Å²) in [6.45, 7) is 4.42. The molecule has 1 aromatic carbocycles. The van der Waals surface area contributed by atoms with Crippen molar-refractivity contribution in [2.24, 2.45) is 5.92 Å². The van der Waals surface area contributed by atoms with Crippen molar-refractivity contribution in [3.63, 3.8) is 0 Å². The topological polar surface area (TPSA) is 71.1 Å². The zero-order valence-corrected chi connectivity index (χ0v) is 17.6. The third-order valence-electron chi connectivity index (χ3n) is 5.76. The first-order chi connectivity index (χ1) is 14.0. The van der Waals surface area contributed by atoms with Crippen molar-refractivity contribution in [3.8, 4) is 5.75 Å². The van der Waals surface area contributed by atoms with Gasteiger partial charge in [0.1, 0.15) is 18.5 Å². The number of nitrogens with zero attached hydrogens (tertiary/aromatic N) is 2. The average molecular weight is 404 g/mol. The molecular weight excluding hydrogens is 370 g/mol. The fourth-order valence-corrected chi connectivity index (χ4v) is 4.09. The molecule has 1 unspecified atom stereocenters. The van der Waals surface area contributed by atoms with Crippen LogP contribution in [0, 0.1) is 5.92 Å². The number of amides is 2. The molecule has 1 atom stereocenters. The molecule has 1 aromatic rings. The summed E-state index contributed by atoms with van der Waals surface area (Å²) in [5.41, 5.74) is 0.654. The Bertz CT molecular complexity index is 671. The van der Waals surface area contributed by atoms with E-state index in [2.05, 4.69) is 17.3 Å². The molecule has 2 aliphatic heterocycles. The lowest BCUT2D eigenvalue weighted by Crippen LogP contribution is -2.43. The second-order valence-corrected chi connectivity index (χ2v) is 8.14. The predicted molar refractivity (Wildman–Crippen MR) is 111 cm³/mol. The van der Waals surface area contributed by atoms with Gasteiger partial charge in [0.2, 0.25) is 5.91 Å². The summed E-state index contributed by atoms with van der Waals surface area (Å²) in [6.07, 6.45) is 4.06. The molecular formula is C22H33N3O4. The maximum absolute atomic E-state index is 12.4. The van der Waals surface area contributed by atoms with Crippen LogP contribution in [0.25, 0.3) is 0 Å². The summed E-state index contributed by atoms with van der Waals surface area (Å²) in [4.78, 5) is 28.4. The molecule has 3 rings (SSSR count). The predicted octanol–water partition coefficient (Wildman–Crippen LogP) is 1.77. The van der Waals surface area contributed by atoms with E-state index in [-0.39, 0.29) is 24.5 Å².